The van der Waals surface area contributed by atoms with Crippen molar-refractivity contribution in [2.45, 2.75) is 38.5 Å². The van der Waals surface area contributed by atoms with Crippen LogP contribution in [0.1, 0.15) is 49.7 Å². The quantitative estimate of drug-likeness (QED) is 0.213. The van der Waals surface area contributed by atoms with Gasteiger partial charge >= 0.3 is 0 Å². The Morgan fingerprint density at radius 3 is 1.17 bits per heavy atom. The standard InChI is InChI=1S/C41H34O/c1-3-39-36-15-7-13-32(23-36)28-9-5-11-30(21-28)34-19-17-27-18-20-35(26-38(27)25-34)31-12-6-10-29(22-31)33-14-8-16-37(24-33)40(4-2)41(39)42/h5-26,39-40H,3-4H2,1-2H3. The predicted molar refractivity (Wildman–Crippen MR) is 177 cm³/mol. The van der Waals surface area contributed by atoms with Gasteiger partial charge < -0.3 is 0 Å². The van der Waals surface area contributed by atoms with Gasteiger partial charge in [-0.2, -0.15) is 0 Å². The summed E-state index contributed by atoms with van der Waals surface area (Å²) in [5.41, 5.74) is 11.6. The Labute approximate surface area is 248 Å². The highest BCUT2D eigenvalue weighted by Gasteiger charge is 2.27. The fraction of sp³-hybridized carbons (Fsp3) is 0.146. The molecule has 2 atom stereocenters. The summed E-state index contributed by atoms with van der Waals surface area (Å²) < 4.78 is 0. The molecule has 42 heavy (non-hydrogen) atoms. The van der Waals surface area contributed by atoms with E-state index >= 15 is 0 Å². The van der Waals surface area contributed by atoms with Gasteiger partial charge in [-0.25, -0.2) is 0 Å². The molecule has 0 aliphatic heterocycles. The lowest BCUT2D eigenvalue weighted by molar-refractivity contribution is -0.122. The van der Waals surface area contributed by atoms with Crippen molar-refractivity contribution < 1.29 is 4.79 Å². The van der Waals surface area contributed by atoms with Crippen molar-refractivity contribution >= 4 is 16.6 Å². The van der Waals surface area contributed by atoms with E-state index in [4.69, 9.17) is 0 Å². The minimum absolute atomic E-state index is 0.150. The van der Waals surface area contributed by atoms with Gasteiger partial charge in [0.05, 0.1) is 0 Å². The van der Waals surface area contributed by atoms with Gasteiger partial charge in [0.1, 0.15) is 5.78 Å². The molecule has 2 unspecified atom stereocenters. The summed E-state index contributed by atoms with van der Waals surface area (Å²) >= 11 is 0. The van der Waals surface area contributed by atoms with Crippen molar-refractivity contribution in [1.82, 2.24) is 0 Å². The third-order valence-electron chi connectivity index (χ3n) is 8.98. The van der Waals surface area contributed by atoms with Gasteiger partial charge in [-0.3, -0.25) is 4.79 Å². The summed E-state index contributed by atoms with van der Waals surface area (Å²) in [4.78, 5) is 14.2. The summed E-state index contributed by atoms with van der Waals surface area (Å²) in [7, 11) is 0. The molecule has 1 heteroatoms. The zero-order chi connectivity index (χ0) is 28.6. The topological polar surface area (TPSA) is 17.1 Å². The summed E-state index contributed by atoms with van der Waals surface area (Å²) in [6.07, 6.45) is 1.55. The van der Waals surface area contributed by atoms with E-state index in [-0.39, 0.29) is 11.8 Å². The molecule has 0 saturated heterocycles. The van der Waals surface area contributed by atoms with Gasteiger partial charge in [0, 0.05) is 11.8 Å². The number of carbonyl (C=O) groups excluding carboxylic acids is 1. The number of hydrogen-bond donors (Lipinski definition) is 0. The van der Waals surface area contributed by atoms with Crippen LogP contribution in [0.4, 0.5) is 0 Å². The fourth-order valence-corrected chi connectivity index (χ4v) is 6.68. The first-order chi connectivity index (χ1) is 20.6. The highest BCUT2D eigenvalue weighted by molar-refractivity contribution is 5.93. The van der Waals surface area contributed by atoms with Crippen LogP contribution in [0.25, 0.3) is 55.3 Å². The fourth-order valence-electron chi connectivity index (χ4n) is 6.68. The lowest BCUT2D eigenvalue weighted by Gasteiger charge is -2.23. The van der Waals surface area contributed by atoms with Crippen molar-refractivity contribution in [2.24, 2.45) is 0 Å². The predicted octanol–water partition coefficient (Wildman–Crippen LogP) is 11.1. The molecule has 1 nitrogen and oxygen atoms in total. The van der Waals surface area contributed by atoms with Gasteiger partial charge in [-0.15, -0.1) is 0 Å². The van der Waals surface area contributed by atoms with Gasteiger partial charge in [-0.1, -0.05) is 123 Å². The highest BCUT2D eigenvalue weighted by Crippen LogP contribution is 2.37. The van der Waals surface area contributed by atoms with Gasteiger partial charge in [-0.05, 0) is 104 Å². The summed E-state index contributed by atoms with van der Waals surface area (Å²) in [6.45, 7) is 4.27. The van der Waals surface area contributed by atoms with Crippen LogP contribution in [0.3, 0.4) is 0 Å². The average Bonchev–Trinajstić information content (AvgIpc) is 3.05. The van der Waals surface area contributed by atoms with Crippen molar-refractivity contribution in [2.75, 3.05) is 0 Å². The van der Waals surface area contributed by atoms with Crippen LogP contribution in [0.5, 0.6) is 0 Å². The molecule has 0 N–H and O–H groups in total. The zero-order valence-electron chi connectivity index (χ0n) is 24.2. The molecule has 0 fully saturated rings. The second kappa shape index (κ2) is 10.9. The number of benzene rings is 6. The minimum Gasteiger partial charge on any atom is -0.298 e. The molecule has 0 radical (unpaired) electrons. The minimum atomic E-state index is -0.150. The third-order valence-corrected chi connectivity index (χ3v) is 8.98. The molecular formula is C41H34O. The van der Waals surface area contributed by atoms with Gasteiger partial charge in [0.25, 0.3) is 0 Å². The molecule has 0 heterocycles. The molecule has 0 amide bonds. The van der Waals surface area contributed by atoms with Crippen LogP contribution in [0, 0.1) is 0 Å². The monoisotopic (exact) mass is 542 g/mol. The van der Waals surface area contributed by atoms with Crippen LogP contribution < -0.4 is 0 Å². The first-order valence-corrected chi connectivity index (χ1v) is 15.1. The van der Waals surface area contributed by atoms with E-state index in [0.717, 1.165) is 46.2 Å². The number of hydrogen-bond acceptors (Lipinski definition) is 1. The van der Waals surface area contributed by atoms with E-state index in [1.807, 2.05) is 0 Å². The van der Waals surface area contributed by atoms with Crippen molar-refractivity contribution in [1.29, 1.82) is 0 Å². The molecule has 7 rings (SSSR count). The second-order valence-corrected chi connectivity index (χ2v) is 11.5. The maximum atomic E-state index is 14.2. The van der Waals surface area contributed by atoms with Crippen LogP contribution in [0.2, 0.25) is 0 Å². The SMILES string of the molecule is CCC1C(=O)C(CC)c2cccc(c2)-c2cccc(c2)-c2ccc3ccc(cc3c2)-c2cccc(c2)-c2cccc1c2. The third kappa shape index (κ3) is 4.76. The number of Topliss-reactive ketones (excluding diaryl/α,β-unsaturated/α-hetero) is 1. The summed E-state index contributed by atoms with van der Waals surface area (Å²) in [5, 5.41) is 2.47. The maximum Gasteiger partial charge on any atom is 0.147 e. The lowest BCUT2D eigenvalue weighted by atomic mass is 9.80. The largest absolute Gasteiger partial charge is 0.298 e. The van der Waals surface area contributed by atoms with E-state index in [0.29, 0.717) is 5.78 Å². The molecule has 0 aromatic heterocycles. The Balaban J connectivity index is 1.47. The average molecular weight is 543 g/mol. The van der Waals surface area contributed by atoms with E-state index in [9.17, 15) is 4.79 Å². The van der Waals surface area contributed by atoms with Gasteiger partial charge in [0.15, 0.2) is 0 Å². The molecule has 204 valence electrons. The summed E-state index contributed by atoms with van der Waals surface area (Å²) in [5.74, 6) is 0.00235. The van der Waals surface area contributed by atoms with E-state index in [2.05, 4.69) is 147 Å². The van der Waals surface area contributed by atoms with Crippen LogP contribution in [-0.2, 0) is 4.79 Å². The Bertz CT molecular complexity index is 1810. The number of ketones is 1. The van der Waals surface area contributed by atoms with E-state index in [1.54, 1.807) is 0 Å². The molecule has 6 aromatic carbocycles. The van der Waals surface area contributed by atoms with Crippen LogP contribution >= 0.6 is 0 Å². The first-order valence-electron chi connectivity index (χ1n) is 15.1. The van der Waals surface area contributed by atoms with Crippen LogP contribution in [-0.4, -0.2) is 5.78 Å². The van der Waals surface area contributed by atoms with Crippen molar-refractivity contribution in [3.8, 4) is 44.5 Å². The Hall–Kier alpha value is -4.75. The number of rotatable bonds is 2. The lowest BCUT2D eigenvalue weighted by Crippen LogP contribution is -2.20. The zero-order valence-corrected chi connectivity index (χ0v) is 24.2. The first kappa shape index (κ1) is 26.2. The van der Waals surface area contributed by atoms with E-state index < -0.39 is 0 Å². The maximum absolute atomic E-state index is 14.2. The van der Waals surface area contributed by atoms with Gasteiger partial charge in [0.2, 0.25) is 0 Å². The molecule has 6 aromatic rings. The van der Waals surface area contributed by atoms with E-state index in [1.165, 1.54) is 33.0 Å². The number of fused-ring (bicyclic) bond motifs is 14. The van der Waals surface area contributed by atoms with Crippen molar-refractivity contribution in [3.05, 3.63) is 145 Å². The van der Waals surface area contributed by atoms with Crippen LogP contribution in [0.15, 0.2) is 133 Å². The molecule has 0 spiro atoms. The Morgan fingerprint density at radius 1 is 0.405 bits per heavy atom. The Morgan fingerprint density at radius 2 is 0.762 bits per heavy atom. The molecule has 1 aliphatic rings. The molecule has 0 saturated carbocycles. The normalized spacial score (nSPS) is 16.1. The highest BCUT2D eigenvalue weighted by atomic mass is 16.1. The number of carbonyl (C=O) groups is 1. The molecule has 1 aliphatic carbocycles. The summed E-state index contributed by atoms with van der Waals surface area (Å²) in [6, 6.07) is 48.2. The molecular weight excluding hydrogens is 508 g/mol. The van der Waals surface area contributed by atoms with Crippen molar-refractivity contribution in [3.63, 3.8) is 0 Å². The Kier molecular flexibility index (Phi) is 6.80. The second-order valence-electron chi connectivity index (χ2n) is 11.5. The molecule has 11 bridgehead atoms. The smallest absolute Gasteiger partial charge is 0.147 e.